The van der Waals surface area contributed by atoms with E-state index in [1.54, 1.807) is 6.20 Å². The summed E-state index contributed by atoms with van der Waals surface area (Å²) in [6.07, 6.45) is -1.85. The van der Waals surface area contributed by atoms with E-state index in [0.29, 0.717) is 28.7 Å². The second kappa shape index (κ2) is 6.47. The van der Waals surface area contributed by atoms with Crippen LogP contribution < -0.4 is 10.6 Å². The van der Waals surface area contributed by atoms with Gasteiger partial charge in [0.2, 0.25) is 11.9 Å². The molecule has 0 bridgehead atoms. The van der Waals surface area contributed by atoms with Gasteiger partial charge in [-0.2, -0.15) is 23.1 Å². The Labute approximate surface area is 148 Å². The minimum Gasteiger partial charge on any atom is -0.349 e. The first kappa shape index (κ1) is 18.0. The Balaban J connectivity index is 1.79. The molecule has 6 nitrogen and oxygen atoms in total. The largest absolute Gasteiger partial charge is 0.416 e. The van der Waals surface area contributed by atoms with Crippen LogP contribution in [0.3, 0.4) is 0 Å². The number of anilines is 3. The van der Waals surface area contributed by atoms with Gasteiger partial charge in [0.05, 0.1) is 11.8 Å². The van der Waals surface area contributed by atoms with Gasteiger partial charge in [-0.3, -0.25) is 0 Å². The summed E-state index contributed by atoms with van der Waals surface area (Å²) in [5, 5.41) is 6.17. The van der Waals surface area contributed by atoms with Crippen LogP contribution in [0.1, 0.15) is 32.8 Å². The van der Waals surface area contributed by atoms with Crippen LogP contribution in [-0.4, -0.2) is 25.5 Å². The molecule has 3 rings (SSSR count). The van der Waals surface area contributed by atoms with E-state index in [2.05, 4.69) is 37.5 Å². The Morgan fingerprint density at radius 3 is 2.38 bits per heavy atom. The van der Waals surface area contributed by atoms with Crippen LogP contribution in [0, 0.1) is 0 Å². The van der Waals surface area contributed by atoms with Crippen molar-refractivity contribution in [1.82, 2.24) is 19.9 Å². The molecule has 0 unspecified atom stereocenters. The lowest BCUT2D eigenvalue weighted by Gasteiger charge is -2.24. The molecular weight excluding hydrogens is 345 g/mol. The van der Waals surface area contributed by atoms with Gasteiger partial charge in [0.25, 0.3) is 0 Å². The predicted molar refractivity (Wildman–Crippen MR) is 94.4 cm³/mol. The maximum Gasteiger partial charge on any atom is 0.416 e. The van der Waals surface area contributed by atoms with Crippen LogP contribution in [0.15, 0.2) is 30.5 Å². The summed E-state index contributed by atoms with van der Waals surface area (Å²) >= 11 is 0. The fourth-order valence-electron chi connectivity index (χ4n) is 2.20. The first-order valence-corrected chi connectivity index (χ1v) is 8.11. The lowest BCUT2D eigenvalue weighted by molar-refractivity contribution is -0.137. The third-order valence-corrected chi connectivity index (χ3v) is 4.05. The number of hydrogen-bond donors (Lipinski definition) is 3. The van der Waals surface area contributed by atoms with E-state index >= 15 is 0 Å². The van der Waals surface area contributed by atoms with Crippen LogP contribution in [-0.2, 0) is 6.18 Å². The number of hydrogen-bond acceptors (Lipinski definition) is 5. The minimum absolute atomic E-state index is 0.148. The highest BCUT2D eigenvalue weighted by atomic mass is 19.4. The summed E-state index contributed by atoms with van der Waals surface area (Å²) in [4.78, 5) is 15.9. The molecule has 0 saturated heterocycles. The van der Waals surface area contributed by atoms with Gasteiger partial charge in [0, 0.05) is 11.2 Å². The number of fused-ring (bicyclic) bond motifs is 1. The first-order chi connectivity index (χ1) is 12.2. The molecule has 0 saturated carbocycles. The number of nitrogens with zero attached hydrogens (tertiary/aromatic N) is 3. The van der Waals surface area contributed by atoms with Crippen LogP contribution >= 0.6 is 0 Å². The van der Waals surface area contributed by atoms with Crippen molar-refractivity contribution in [3.8, 4) is 0 Å². The van der Waals surface area contributed by atoms with E-state index in [-0.39, 0.29) is 5.54 Å². The highest BCUT2D eigenvalue weighted by molar-refractivity contribution is 5.74. The van der Waals surface area contributed by atoms with Gasteiger partial charge in [-0.05, 0) is 44.5 Å². The van der Waals surface area contributed by atoms with Gasteiger partial charge < -0.3 is 15.6 Å². The van der Waals surface area contributed by atoms with Gasteiger partial charge in [-0.25, -0.2) is 4.98 Å². The quantitative estimate of drug-likeness (QED) is 0.611. The molecular formula is C17H19F3N6. The summed E-state index contributed by atoms with van der Waals surface area (Å²) in [5.41, 5.74) is 0.719. The van der Waals surface area contributed by atoms with Gasteiger partial charge in [-0.15, -0.1) is 0 Å². The molecule has 9 heteroatoms. The lowest BCUT2D eigenvalue weighted by atomic mass is 10.0. The Bertz CT molecular complexity index is 899. The first-order valence-electron chi connectivity index (χ1n) is 8.11. The zero-order valence-electron chi connectivity index (χ0n) is 14.6. The summed E-state index contributed by atoms with van der Waals surface area (Å²) in [5.74, 6) is 0.845. The number of benzene rings is 1. The standard InChI is InChI=1S/C17H19F3N6/c1-4-16(2,3)26-14-21-9-12-13(24-14)25-15(23-12)22-11-7-5-10(6-8-11)17(18,19)20/h5-9H,4H2,1-3H3,(H3,21,22,23,24,25,26). The van der Waals surface area contributed by atoms with Crippen molar-refractivity contribution >= 4 is 28.7 Å². The molecule has 0 atom stereocenters. The molecule has 3 N–H and O–H groups in total. The van der Waals surface area contributed by atoms with Gasteiger partial charge in [0.15, 0.2) is 5.65 Å². The topological polar surface area (TPSA) is 78.5 Å². The third kappa shape index (κ3) is 4.04. The van der Waals surface area contributed by atoms with Crippen molar-refractivity contribution in [2.45, 2.75) is 38.9 Å². The van der Waals surface area contributed by atoms with E-state index < -0.39 is 11.7 Å². The number of imidazole rings is 1. The monoisotopic (exact) mass is 364 g/mol. The smallest absolute Gasteiger partial charge is 0.349 e. The average Bonchev–Trinajstić information content (AvgIpc) is 2.95. The second-order valence-electron chi connectivity index (χ2n) is 6.58. The number of halogens is 3. The van der Waals surface area contributed by atoms with E-state index in [1.165, 1.54) is 12.1 Å². The molecule has 2 heterocycles. The molecule has 0 amide bonds. The number of aromatic nitrogens is 4. The van der Waals surface area contributed by atoms with Crippen LogP contribution in [0.5, 0.6) is 0 Å². The van der Waals surface area contributed by atoms with Gasteiger partial charge in [0.1, 0.15) is 5.52 Å². The van der Waals surface area contributed by atoms with Crippen LogP contribution in [0.4, 0.5) is 30.8 Å². The maximum absolute atomic E-state index is 12.6. The Morgan fingerprint density at radius 1 is 1.08 bits per heavy atom. The number of nitrogens with one attached hydrogen (secondary N) is 3. The fourth-order valence-corrected chi connectivity index (χ4v) is 2.20. The van der Waals surface area contributed by atoms with Crippen molar-refractivity contribution in [1.29, 1.82) is 0 Å². The molecule has 1 aromatic carbocycles. The number of rotatable bonds is 5. The maximum atomic E-state index is 12.6. The molecule has 0 aliphatic carbocycles. The molecule has 0 aliphatic rings. The predicted octanol–water partition coefficient (Wildman–Crippen LogP) is 4.72. The molecule has 0 radical (unpaired) electrons. The average molecular weight is 364 g/mol. The van der Waals surface area contributed by atoms with Crippen molar-refractivity contribution in [2.75, 3.05) is 10.6 Å². The summed E-state index contributed by atoms with van der Waals surface area (Å²) in [7, 11) is 0. The summed E-state index contributed by atoms with van der Waals surface area (Å²) < 4.78 is 37.8. The van der Waals surface area contributed by atoms with Crippen molar-refractivity contribution < 1.29 is 13.2 Å². The van der Waals surface area contributed by atoms with E-state index in [0.717, 1.165) is 18.6 Å². The Hall–Kier alpha value is -2.84. The zero-order valence-corrected chi connectivity index (χ0v) is 14.6. The molecule has 0 spiro atoms. The fraction of sp³-hybridized carbons (Fsp3) is 0.353. The minimum atomic E-state index is -4.36. The Kier molecular flexibility index (Phi) is 4.47. The highest BCUT2D eigenvalue weighted by Crippen LogP contribution is 2.30. The van der Waals surface area contributed by atoms with Gasteiger partial charge in [-0.1, -0.05) is 6.92 Å². The van der Waals surface area contributed by atoms with E-state index in [4.69, 9.17) is 0 Å². The number of alkyl halides is 3. The highest BCUT2D eigenvalue weighted by Gasteiger charge is 2.29. The SMILES string of the molecule is CCC(C)(C)Nc1ncc2[nH]c(Nc3ccc(C(F)(F)F)cc3)nc2n1. The van der Waals surface area contributed by atoms with Crippen molar-refractivity contribution in [2.24, 2.45) is 0 Å². The zero-order chi connectivity index (χ0) is 18.9. The normalized spacial score (nSPS) is 12.4. The summed E-state index contributed by atoms with van der Waals surface area (Å²) in [6.45, 7) is 6.15. The van der Waals surface area contributed by atoms with E-state index in [1.807, 2.05) is 13.8 Å². The van der Waals surface area contributed by atoms with Crippen LogP contribution in [0.25, 0.3) is 11.2 Å². The molecule has 26 heavy (non-hydrogen) atoms. The number of aromatic amines is 1. The molecule has 0 fully saturated rings. The molecule has 3 aromatic rings. The third-order valence-electron chi connectivity index (χ3n) is 4.05. The lowest BCUT2D eigenvalue weighted by Crippen LogP contribution is -2.30. The molecule has 0 aliphatic heterocycles. The van der Waals surface area contributed by atoms with Crippen molar-refractivity contribution in [3.05, 3.63) is 36.0 Å². The van der Waals surface area contributed by atoms with Gasteiger partial charge >= 0.3 is 6.18 Å². The number of H-pyrrole nitrogens is 1. The summed E-state index contributed by atoms with van der Waals surface area (Å²) in [6, 6.07) is 4.72. The second-order valence-corrected chi connectivity index (χ2v) is 6.58. The van der Waals surface area contributed by atoms with E-state index in [9.17, 15) is 13.2 Å². The van der Waals surface area contributed by atoms with Crippen molar-refractivity contribution in [3.63, 3.8) is 0 Å². The van der Waals surface area contributed by atoms with Crippen LogP contribution in [0.2, 0.25) is 0 Å². The molecule has 138 valence electrons. The molecule has 2 aromatic heterocycles. The Morgan fingerprint density at radius 2 is 1.77 bits per heavy atom.